The fraction of sp³-hybridized carbons (Fsp3) is 0.462. The molecule has 0 radical (unpaired) electrons. The van der Waals surface area contributed by atoms with Gasteiger partial charge in [0.25, 0.3) is 5.91 Å². The summed E-state index contributed by atoms with van der Waals surface area (Å²) in [4.78, 5) is 12.1. The molecule has 0 spiro atoms. The van der Waals surface area contributed by atoms with Gasteiger partial charge >= 0.3 is 0 Å². The van der Waals surface area contributed by atoms with E-state index >= 15 is 0 Å². The molecule has 0 saturated heterocycles. The van der Waals surface area contributed by atoms with Crippen LogP contribution in [0.1, 0.15) is 29.6 Å². The lowest BCUT2D eigenvalue weighted by Crippen LogP contribution is -2.55. The summed E-state index contributed by atoms with van der Waals surface area (Å²) in [5.74, 6) is 0.949. The molecule has 0 atom stereocenters. The smallest absolute Gasteiger partial charge is 0.255 e. The van der Waals surface area contributed by atoms with Crippen LogP contribution in [0.2, 0.25) is 0 Å². The van der Waals surface area contributed by atoms with E-state index in [-0.39, 0.29) is 11.4 Å². The second-order valence-electron chi connectivity index (χ2n) is 4.42. The number of carbonyl (C=O) groups is 1. The zero-order valence-electron chi connectivity index (χ0n) is 9.83. The van der Waals surface area contributed by atoms with Gasteiger partial charge in [0.15, 0.2) is 0 Å². The number of halogens is 1. The lowest BCUT2D eigenvalue weighted by atomic mass is 9.78. The topological polar surface area (TPSA) is 38.3 Å². The minimum atomic E-state index is -0.209. The van der Waals surface area contributed by atoms with Crippen LogP contribution in [-0.2, 0) is 0 Å². The predicted molar refractivity (Wildman–Crippen MR) is 67.8 cm³/mol. The Balaban J connectivity index is 2.14. The van der Waals surface area contributed by atoms with Gasteiger partial charge < -0.3 is 10.1 Å². The first-order valence-electron chi connectivity index (χ1n) is 5.72. The number of methoxy groups -OCH3 is 1. The number of para-hydroxylation sites is 1. The highest BCUT2D eigenvalue weighted by Gasteiger charge is 2.37. The molecule has 3 nitrogen and oxygen atoms in total. The minimum absolute atomic E-state index is 0.109. The van der Waals surface area contributed by atoms with Gasteiger partial charge in [-0.05, 0) is 31.4 Å². The maximum atomic E-state index is 12.1. The first-order valence-corrected chi connectivity index (χ1v) is 6.26. The lowest BCUT2D eigenvalue weighted by molar-refractivity contribution is 0.0851. The van der Waals surface area contributed by atoms with Crippen molar-refractivity contribution in [1.82, 2.24) is 5.32 Å². The van der Waals surface area contributed by atoms with E-state index in [2.05, 4.69) is 5.32 Å². The van der Waals surface area contributed by atoms with Crippen molar-refractivity contribution in [3.8, 4) is 5.75 Å². The summed E-state index contributed by atoms with van der Waals surface area (Å²) in [5.41, 5.74) is 0.353. The average molecular weight is 254 g/mol. The molecular weight excluding hydrogens is 238 g/mol. The van der Waals surface area contributed by atoms with Gasteiger partial charge in [-0.3, -0.25) is 4.79 Å². The summed E-state index contributed by atoms with van der Waals surface area (Å²) >= 11 is 5.92. The SMILES string of the molecule is COc1ccccc1C(=O)NC1(CCl)CCC1. The molecule has 4 heteroatoms. The van der Waals surface area contributed by atoms with Crippen LogP contribution in [0.25, 0.3) is 0 Å². The van der Waals surface area contributed by atoms with Crippen LogP contribution in [0.15, 0.2) is 24.3 Å². The minimum Gasteiger partial charge on any atom is -0.496 e. The highest BCUT2D eigenvalue weighted by Crippen LogP contribution is 2.33. The van der Waals surface area contributed by atoms with Crippen LogP contribution in [0, 0.1) is 0 Å². The molecule has 92 valence electrons. The van der Waals surface area contributed by atoms with Crippen molar-refractivity contribution < 1.29 is 9.53 Å². The van der Waals surface area contributed by atoms with Crippen molar-refractivity contribution in [2.75, 3.05) is 13.0 Å². The summed E-state index contributed by atoms with van der Waals surface area (Å²) < 4.78 is 5.17. The maximum Gasteiger partial charge on any atom is 0.255 e. The second kappa shape index (κ2) is 4.96. The van der Waals surface area contributed by atoms with E-state index in [9.17, 15) is 4.79 Å². The molecule has 1 aromatic rings. The van der Waals surface area contributed by atoms with Crippen molar-refractivity contribution in [1.29, 1.82) is 0 Å². The third-order valence-corrected chi connectivity index (χ3v) is 3.81. The Labute approximate surface area is 106 Å². The number of nitrogens with one attached hydrogen (secondary N) is 1. The van der Waals surface area contributed by atoms with Crippen molar-refractivity contribution in [3.63, 3.8) is 0 Å². The molecule has 0 unspecified atom stereocenters. The number of hydrogen-bond acceptors (Lipinski definition) is 2. The van der Waals surface area contributed by atoms with Crippen LogP contribution >= 0.6 is 11.6 Å². The molecule has 0 bridgehead atoms. The number of rotatable bonds is 4. The van der Waals surface area contributed by atoms with Crippen molar-refractivity contribution in [3.05, 3.63) is 29.8 Å². The normalized spacial score (nSPS) is 17.1. The number of amides is 1. The first kappa shape index (κ1) is 12.2. The maximum absolute atomic E-state index is 12.1. The highest BCUT2D eigenvalue weighted by molar-refractivity contribution is 6.19. The van der Waals surface area contributed by atoms with Gasteiger partial charge in [-0.25, -0.2) is 0 Å². The zero-order valence-corrected chi connectivity index (χ0v) is 10.6. The Hall–Kier alpha value is -1.22. The largest absolute Gasteiger partial charge is 0.496 e. The van der Waals surface area contributed by atoms with E-state index in [0.29, 0.717) is 17.2 Å². The molecule has 1 N–H and O–H groups in total. The van der Waals surface area contributed by atoms with Crippen LogP contribution in [-0.4, -0.2) is 24.4 Å². The van der Waals surface area contributed by atoms with Crippen LogP contribution in [0.3, 0.4) is 0 Å². The number of carbonyl (C=O) groups excluding carboxylic acids is 1. The predicted octanol–water partition coefficient (Wildman–Crippen LogP) is 2.59. The Morgan fingerprint density at radius 3 is 2.71 bits per heavy atom. The third-order valence-electron chi connectivity index (χ3n) is 3.30. The quantitative estimate of drug-likeness (QED) is 0.838. The van der Waals surface area contributed by atoms with E-state index in [1.54, 1.807) is 19.2 Å². The van der Waals surface area contributed by atoms with Gasteiger partial charge in [-0.1, -0.05) is 12.1 Å². The zero-order chi connectivity index (χ0) is 12.3. The van der Waals surface area contributed by atoms with Gasteiger partial charge in [0.1, 0.15) is 5.75 Å². The molecule has 1 amide bonds. The summed E-state index contributed by atoms with van der Waals surface area (Å²) in [6.07, 6.45) is 3.04. The molecular formula is C13H16ClNO2. The Morgan fingerprint density at radius 2 is 2.18 bits per heavy atom. The van der Waals surface area contributed by atoms with Gasteiger partial charge in [0, 0.05) is 5.88 Å². The van der Waals surface area contributed by atoms with Crippen LogP contribution < -0.4 is 10.1 Å². The standard InChI is InChI=1S/C13H16ClNO2/c1-17-11-6-3-2-5-10(11)12(16)15-13(9-14)7-4-8-13/h2-3,5-6H,4,7-9H2,1H3,(H,15,16). The monoisotopic (exact) mass is 253 g/mol. The number of benzene rings is 1. The van der Waals surface area contributed by atoms with Gasteiger partial charge in [-0.2, -0.15) is 0 Å². The van der Waals surface area contributed by atoms with Gasteiger partial charge in [0.2, 0.25) is 0 Å². The van der Waals surface area contributed by atoms with E-state index < -0.39 is 0 Å². The summed E-state index contributed by atoms with van der Waals surface area (Å²) in [6.45, 7) is 0. The summed E-state index contributed by atoms with van der Waals surface area (Å²) in [7, 11) is 1.56. The number of hydrogen-bond donors (Lipinski definition) is 1. The Bertz CT molecular complexity index is 410. The fourth-order valence-electron chi connectivity index (χ4n) is 2.04. The van der Waals surface area contributed by atoms with Crippen molar-refractivity contribution >= 4 is 17.5 Å². The number of alkyl halides is 1. The molecule has 0 aliphatic heterocycles. The third kappa shape index (κ3) is 2.39. The highest BCUT2D eigenvalue weighted by atomic mass is 35.5. The van der Waals surface area contributed by atoms with Crippen LogP contribution in [0.5, 0.6) is 5.75 Å². The van der Waals surface area contributed by atoms with Crippen molar-refractivity contribution in [2.45, 2.75) is 24.8 Å². The van der Waals surface area contributed by atoms with Crippen molar-refractivity contribution in [2.24, 2.45) is 0 Å². The van der Waals surface area contributed by atoms with Crippen LogP contribution in [0.4, 0.5) is 0 Å². The first-order chi connectivity index (χ1) is 8.21. The molecule has 0 heterocycles. The second-order valence-corrected chi connectivity index (χ2v) is 4.69. The molecule has 1 fully saturated rings. The summed E-state index contributed by atoms with van der Waals surface area (Å²) in [5, 5.41) is 3.02. The molecule has 2 rings (SSSR count). The average Bonchev–Trinajstić information content (AvgIpc) is 2.33. The Kier molecular flexibility index (Phi) is 3.57. The number of ether oxygens (including phenoxy) is 1. The lowest BCUT2D eigenvalue weighted by Gasteiger charge is -2.41. The molecule has 1 aliphatic carbocycles. The fourth-order valence-corrected chi connectivity index (χ4v) is 2.37. The van der Waals surface area contributed by atoms with E-state index in [0.717, 1.165) is 19.3 Å². The van der Waals surface area contributed by atoms with Gasteiger partial charge in [-0.15, -0.1) is 11.6 Å². The molecule has 0 aromatic heterocycles. The van der Waals surface area contributed by atoms with E-state index in [4.69, 9.17) is 16.3 Å². The van der Waals surface area contributed by atoms with E-state index in [1.807, 2.05) is 12.1 Å². The molecule has 1 aromatic carbocycles. The Morgan fingerprint density at radius 1 is 1.47 bits per heavy atom. The molecule has 17 heavy (non-hydrogen) atoms. The van der Waals surface area contributed by atoms with E-state index in [1.165, 1.54) is 0 Å². The van der Waals surface area contributed by atoms with Gasteiger partial charge in [0.05, 0.1) is 18.2 Å². The molecule has 1 saturated carbocycles. The molecule has 1 aliphatic rings. The summed E-state index contributed by atoms with van der Waals surface area (Å²) in [6, 6.07) is 7.21.